The maximum Gasteiger partial charge on any atom is 0.273 e. The lowest BCUT2D eigenvalue weighted by atomic mass is 10.1. The van der Waals surface area contributed by atoms with Crippen LogP contribution in [0.2, 0.25) is 0 Å². The fourth-order valence-corrected chi connectivity index (χ4v) is 2.89. The molecule has 4 rings (SSSR count). The quantitative estimate of drug-likeness (QED) is 0.643. The molecule has 0 atom stereocenters. The number of nitrogens with one attached hydrogen (secondary N) is 2. The van der Waals surface area contributed by atoms with Gasteiger partial charge in [0.1, 0.15) is 0 Å². The number of benzene rings is 1. The molecule has 2 amide bonds. The lowest BCUT2D eigenvalue weighted by Gasteiger charge is -2.09. The minimum absolute atomic E-state index is 0.0230. The molecule has 0 bridgehead atoms. The van der Waals surface area contributed by atoms with E-state index in [9.17, 15) is 14.7 Å². The Kier molecular flexibility index (Phi) is 4.89. The molecule has 0 radical (unpaired) electrons. The molecule has 0 aliphatic heterocycles. The highest BCUT2D eigenvalue weighted by Gasteiger charge is 2.28. The maximum absolute atomic E-state index is 12.4. The average molecular weight is 369 g/mol. The first-order valence-electron chi connectivity index (χ1n) is 9.43. The molecule has 0 spiro atoms. The van der Waals surface area contributed by atoms with Crippen LogP contribution in [0.4, 0.5) is 0 Å². The van der Waals surface area contributed by atoms with Crippen molar-refractivity contribution in [2.45, 2.75) is 50.6 Å². The monoisotopic (exact) mass is 369 g/mol. The van der Waals surface area contributed by atoms with Gasteiger partial charge in [0.15, 0.2) is 5.69 Å². The van der Waals surface area contributed by atoms with E-state index in [-0.39, 0.29) is 24.5 Å². The summed E-state index contributed by atoms with van der Waals surface area (Å²) in [7, 11) is 0. The second-order valence-corrected chi connectivity index (χ2v) is 7.17. The normalized spacial score (nSPS) is 16.2. The predicted octanol–water partition coefficient (Wildman–Crippen LogP) is 0.977. The van der Waals surface area contributed by atoms with E-state index in [1.165, 1.54) is 0 Å². The van der Waals surface area contributed by atoms with Crippen LogP contribution in [0.1, 0.15) is 58.6 Å². The van der Waals surface area contributed by atoms with Gasteiger partial charge in [0, 0.05) is 24.3 Å². The molecular weight excluding hydrogens is 346 g/mol. The number of carbonyl (C=O) groups excluding carboxylic acids is 2. The maximum atomic E-state index is 12.4. The third-order valence-corrected chi connectivity index (χ3v) is 4.75. The SMILES string of the molecule is O=C(NC1CC1)c1ccc(-n2nnc(C(=O)NC3CC3)c2CCCO)cc1. The van der Waals surface area contributed by atoms with Gasteiger partial charge in [-0.3, -0.25) is 9.59 Å². The van der Waals surface area contributed by atoms with E-state index in [1.54, 1.807) is 28.9 Å². The minimum atomic E-state index is -0.225. The van der Waals surface area contributed by atoms with Crippen molar-refractivity contribution in [3.8, 4) is 5.69 Å². The molecule has 0 saturated heterocycles. The average Bonchev–Trinajstić information content (AvgIpc) is 3.60. The van der Waals surface area contributed by atoms with Gasteiger partial charge in [-0.2, -0.15) is 0 Å². The Balaban J connectivity index is 1.56. The zero-order valence-electron chi connectivity index (χ0n) is 15.0. The number of aliphatic hydroxyl groups excluding tert-OH is 1. The summed E-state index contributed by atoms with van der Waals surface area (Å²) >= 11 is 0. The highest BCUT2D eigenvalue weighted by atomic mass is 16.3. The highest BCUT2D eigenvalue weighted by Crippen LogP contribution is 2.22. The van der Waals surface area contributed by atoms with Crippen LogP contribution in [0, 0.1) is 0 Å². The molecule has 8 nitrogen and oxygen atoms in total. The van der Waals surface area contributed by atoms with Gasteiger partial charge < -0.3 is 15.7 Å². The third kappa shape index (κ3) is 4.16. The van der Waals surface area contributed by atoms with Crippen molar-refractivity contribution >= 4 is 11.8 Å². The topological polar surface area (TPSA) is 109 Å². The van der Waals surface area contributed by atoms with Crippen LogP contribution in [0.5, 0.6) is 0 Å². The molecule has 27 heavy (non-hydrogen) atoms. The highest BCUT2D eigenvalue weighted by molar-refractivity contribution is 5.95. The van der Waals surface area contributed by atoms with Crippen LogP contribution >= 0.6 is 0 Å². The smallest absolute Gasteiger partial charge is 0.273 e. The number of nitrogens with zero attached hydrogens (tertiary/aromatic N) is 3. The van der Waals surface area contributed by atoms with Crippen molar-refractivity contribution in [1.82, 2.24) is 25.6 Å². The summed E-state index contributed by atoms with van der Waals surface area (Å²) in [6, 6.07) is 7.62. The number of aliphatic hydroxyl groups is 1. The molecule has 8 heteroatoms. The van der Waals surface area contributed by atoms with Gasteiger partial charge >= 0.3 is 0 Å². The first-order valence-corrected chi connectivity index (χ1v) is 9.43. The fraction of sp³-hybridized carbons (Fsp3) is 0.474. The molecular formula is C19H23N5O3. The Morgan fingerprint density at radius 1 is 1.04 bits per heavy atom. The van der Waals surface area contributed by atoms with Gasteiger partial charge in [-0.05, 0) is 62.8 Å². The summed E-state index contributed by atoms with van der Waals surface area (Å²) in [5.74, 6) is -0.301. The van der Waals surface area contributed by atoms with Crippen LogP contribution in [0.25, 0.3) is 5.69 Å². The van der Waals surface area contributed by atoms with Gasteiger partial charge in [-0.1, -0.05) is 5.21 Å². The van der Waals surface area contributed by atoms with Crippen molar-refractivity contribution in [1.29, 1.82) is 0 Å². The van der Waals surface area contributed by atoms with Gasteiger partial charge in [0.05, 0.1) is 11.4 Å². The molecule has 0 unspecified atom stereocenters. The summed E-state index contributed by atoms with van der Waals surface area (Å²) in [5.41, 5.74) is 2.28. The number of amides is 2. The molecule has 2 aliphatic rings. The zero-order chi connectivity index (χ0) is 18.8. The van der Waals surface area contributed by atoms with E-state index in [0.29, 0.717) is 35.8 Å². The van der Waals surface area contributed by atoms with Crippen molar-refractivity contribution in [2.75, 3.05) is 6.61 Å². The van der Waals surface area contributed by atoms with Crippen LogP contribution in [0.15, 0.2) is 24.3 Å². The van der Waals surface area contributed by atoms with Gasteiger partial charge in [0.2, 0.25) is 0 Å². The summed E-state index contributed by atoms with van der Waals surface area (Å²) in [6.07, 6.45) is 5.08. The van der Waals surface area contributed by atoms with E-state index < -0.39 is 0 Å². The predicted molar refractivity (Wildman–Crippen MR) is 97.7 cm³/mol. The van der Waals surface area contributed by atoms with Gasteiger partial charge in [-0.15, -0.1) is 5.10 Å². The lowest BCUT2D eigenvalue weighted by molar-refractivity contribution is 0.0939. The van der Waals surface area contributed by atoms with Crippen LogP contribution < -0.4 is 10.6 Å². The van der Waals surface area contributed by atoms with Crippen molar-refractivity contribution in [3.05, 3.63) is 41.2 Å². The fourth-order valence-electron chi connectivity index (χ4n) is 2.89. The molecule has 2 saturated carbocycles. The van der Waals surface area contributed by atoms with Crippen LogP contribution in [-0.4, -0.2) is 50.6 Å². The number of rotatable bonds is 8. The Labute approximate surface area is 157 Å². The molecule has 2 aliphatic carbocycles. The molecule has 1 aromatic carbocycles. The Bertz CT molecular complexity index is 838. The van der Waals surface area contributed by atoms with E-state index in [2.05, 4.69) is 20.9 Å². The summed E-state index contributed by atoms with van der Waals surface area (Å²) < 4.78 is 1.61. The first kappa shape index (κ1) is 17.7. The summed E-state index contributed by atoms with van der Waals surface area (Å²) in [6.45, 7) is 0.0230. The summed E-state index contributed by atoms with van der Waals surface area (Å²) in [5, 5.41) is 23.3. The van der Waals surface area contributed by atoms with Crippen molar-refractivity contribution in [3.63, 3.8) is 0 Å². The standard InChI is InChI=1S/C19H23N5O3/c25-11-1-2-16-17(19(27)21-14-7-8-14)22-23-24(16)15-9-3-12(4-10-15)18(26)20-13-5-6-13/h3-4,9-10,13-14,25H,1-2,5-8,11H2,(H,20,26)(H,21,27). The van der Waals surface area contributed by atoms with E-state index in [0.717, 1.165) is 31.4 Å². The summed E-state index contributed by atoms with van der Waals surface area (Å²) in [4.78, 5) is 24.6. The van der Waals surface area contributed by atoms with E-state index >= 15 is 0 Å². The minimum Gasteiger partial charge on any atom is -0.396 e. The van der Waals surface area contributed by atoms with Gasteiger partial charge in [0.25, 0.3) is 11.8 Å². The molecule has 3 N–H and O–H groups in total. The number of carbonyl (C=O) groups is 2. The van der Waals surface area contributed by atoms with E-state index in [4.69, 9.17) is 0 Å². The second-order valence-electron chi connectivity index (χ2n) is 7.17. The number of hydrogen-bond donors (Lipinski definition) is 3. The zero-order valence-corrected chi connectivity index (χ0v) is 15.0. The molecule has 2 fully saturated rings. The van der Waals surface area contributed by atoms with Crippen molar-refractivity contribution < 1.29 is 14.7 Å². The van der Waals surface area contributed by atoms with E-state index in [1.807, 2.05) is 0 Å². The first-order chi connectivity index (χ1) is 13.2. The van der Waals surface area contributed by atoms with Crippen LogP contribution in [0.3, 0.4) is 0 Å². The number of hydrogen-bond acceptors (Lipinski definition) is 5. The Morgan fingerprint density at radius 3 is 2.26 bits per heavy atom. The van der Waals surface area contributed by atoms with Gasteiger partial charge in [-0.25, -0.2) is 4.68 Å². The number of aromatic nitrogens is 3. The molecule has 1 heterocycles. The molecule has 2 aromatic rings. The molecule has 1 aromatic heterocycles. The lowest BCUT2D eigenvalue weighted by Crippen LogP contribution is -2.27. The largest absolute Gasteiger partial charge is 0.396 e. The Morgan fingerprint density at radius 2 is 1.67 bits per heavy atom. The van der Waals surface area contributed by atoms with Crippen LogP contribution in [-0.2, 0) is 6.42 Å². The molecule has 142 valence electrons. The second kappa shape index (κ2) is 7.48. The Hall–Kier alpha value is -2.74. The third-order valence-electron chi connectivity index (χ3n) is 4.75. The van der Waals surface area contributed by atoms with Crippen molar-refractivity contribution in [2.24, 2.45) is 0 Å².